The van der Waals surface area contributed by atoms with Crippen LogP contribution in [0.5, 0.6) is 0 Å². The number of aromatic nitrogens is 3. The number of nitrogens with zero attached hydrogens (tertiary/aromatic N) is 4. The van der Waals surface area contributed by atoms with E-state index in [1.165, 1.54) is 16.3 Å². The average Bonchev–Trinajstić information content (AvgIpc) is 3.57. The fourth-order valence-corrected chi connectivity index (χ4v) is 12.7. The summed E-state index contributed by atoms with van der Waals surface area (Å²) in [7, 11) is 0. The Hall–Kier alpha value is -3.15. The Morgan fingerprint density at radius 3 is 2.52 bits per heavy atom. The lowest BCUT2D eigenvalue weighted by Crippen LogP contribution is -2.68. The highest BCUT2D eigenvalue weighted by molar-refractivity contribution is 5.84. The first-order chi connectivity index (χ1) is 23.6. The zero-order chi connectivity index (χ0) is 36.0. The monoisotopic (exact) mass is 689 g/mol. The summed E-state index contributed by atoms with van der Waals surface area (Å²) in [6.45, 7) is 13.9. The predicted octanol–water partition coefficient (Wildman–Crippen LogP) is 5.75. The Labute approximate surface area is 295 Å². The fourth-order valence-electron chi connectivity index (χ4n) is 12.7. The average molecular weight is 690 g/mol. The number of hydrogen-bond donors (Lipinski definition) is 4. The van der Waals surface area contributed by atoms with Gasteiger partial charge in [-0.3, -0.25) is 14.9 Å². The van der Waals surface area contributed by atoms with Crippen LogP contribution in [-0.4, -0.2) is 60.0 Å². The Bertz CT molecular complexity index is 1710. The van der Waals surface area contributed by atoms with Crippen LogP contribution in [0.2, 0.25) is 0 Å². The molecule has 5 aliphatic rings. The summed E-state index contributed by atoms with van der Waals surface area (Å²) in [6, 6.07) is 6.39. The summed E-state index contributed by atoms with van der Waals surface area (Å²) in [4.78, 5) is 25.7. The van der Waals surface area contributed by atoms with Crippen molar-refractivity contribution in [1.29, 1.82) is 0 Å². The van der Waals surface area contributed by atoms with Gasteiger partial charge in [0.15, 0.2) is 0 Å². The molecule has 7 rings (SSSR count). The Morgan fingerprint density at radius 2 is 1.80 bits per heavy atom. The van der Waals surface area contributed by atoms with Crippen LogP contribution < -0.4 is 5.32 Å². The number of amides is 1. The second-order valence-corrected chi connectivity index (χ2v) is 17.8. The third-order valence-corrected chi connectivity index (χ3v) is 15.8. The minimum Gasteiger partial charge on any atom is -0.396 e. The van der Waals surface area contributed by atoms with Crippen molar-refractivity contribution in [2.24, 2.45) is 56.7 Å². The van der Waals surface area contributed by atoms with E-state index in [1.807, 2.05) is 6.92 Å². The molecular weight excluding hydrogens is 634 g/mol. The van der Waals surface area contributed by atoms with Crippen LogP contribution in [0.3, 0.4) is 0 Å². The maximum Gasteiger partial charge on any atom is 0.294 e. The van der Waals surface area contributed by atoms with E-state index >= 15 is 0 Å². The van der Waals surface area contributed by atoms with Crippen LogP contribution in [0.1, 0.15) is 98.6 Å². The van der Waals surface area contributed by atoms with Gasteiger partial charge in [-0.25, -0.2) is 4.68 Å². The highest BCUT2D eigenvalue weighted by Gasteiger charge is 2.70. The van der Waals surface area contributed by atoms with Gasteiger partial charge in [-0.2, -0.15) is 0 Å². The molecular formula is C39H55N5O6. The molecule has 0 bridgehead atoms. The standard InChI is InChI=1S/C39H55N5O6/c1-23-13-16-39(34(48)40-20-25-21-43(42-41-25)27-9-7-8-10-28(27)44(49)50)18-17-37(5)26(32(39)24(23)2)11-12-31-35(3)19-29(46)33(47)36(4,22-45)30(35)14-15-38(31,37)6/h7-11,21,23-24,29-33,45-47H,12-20,22H2,1-6H3,(H,40,48)/t23-,24+,29-,30-,31-,32+,33+,35+,36+,37-,38-,39+/m1/s1. The second kappa shape index (κ2) is 12.0. The highest BCUT2D eigenvalue weighted by Crippen LogP contribution is 2.75. The molecule has 0 spiro atoms. The van der Waals surface area contributed by atoms with Crippen LogP contribution in [-0.2, 0) is 11.3 Å². The van der Waals surface area contributed by atoms with Gasteiger partial charge in [0, 0.05) is 11.5 Å². The van der Waals surface area contributed by atoms with Gasteiger partial charge in [-0.15, -0.1) is 5.10 Å². The second-order valence-electron chi connectivity index (χ2n) is 17.8. The van der Waals surface area contributed by atoms with Gasteiger partial charge in [0.25, 0.3) is 5.69 Å². The maximum atomic E-state index is 14.6. The number of allylic oxidation sites excluding steroid dienone is 2. The molecule has 5 aliphatic carbocycles. The van der Waals surface area contributed by atoms with Crippen LogP contribution >= 0.6 is 0 Å². The molecule has 50 heavy (non-hydrogen) atoms. The van der Waals surface area contributed by atoms with Gasteiger partial charge in [-0.05, 0) is 103 Å². The normalized spacial score (nSPS) is 43.8. The van der Waals surface area contributed by atoms with Crippen molar-refractivity contribution in [3.63, 3.8) is 0 Å². The van der Waals surface area contributed by atoms with Crippen LogP contribution in [0.4, 0.5) is 5.69 Å². The Morgan fingerprint density at radius 1 is 1.06 bits per heavy atom. The molecule has 2 aromatic rings. The predicted molar refractivity (Wildman–Crippen MR) is 188 cm³/mol. The number of benzene rings is 1. The summed E-state index contributed by atoms with van der Waals surface area (Å²) >= 11 is 0. The summed E-state index contributed by atoms with van der Waals surface area (Å²) in [5, 5.41) is 56.2. The molecule has 4 saturated carbocycles. The number of para-hydroxylation sites is 2. The Kier molecular flexibility index (Phi) is 8.43. The number of nitrogens with one attached hydrogen (secondary N) is 1. The third kappa shape index (κ3) is 4.74. The number of nitro groups is 1. The minimum absolute atomic E-state index is 0.0514. The van der Waals surface area contributed by atoms with Gasteiger partial charge >= 0.3 is 0 Å². The smallest absolute Gasteiger partial charge is 0.294 e. The molecule has 0 saturated heterocycles. The molecule has 0 unspecified atom stereocenters. The number of carbonyl (C=O) groups excluding carboxylic acids is 1. The minimum atomic E-state index is -0.944. The van der Waals surface area contributed by atoms with E-state index < -0.39 is 28.0 Å². The molecule has 12 atom stereocenters. The van der Waals surface area contributed by atoms with Crippen molar-refractivity contribution in [1.82, 2.24) is 20.3 Å². The molecule has 11 nitrogen and oxygen atoms in total. The van der Waals surface area contributed by atoms with Crippen molar-refractivity contribution in [2.75, 3.05) is 6.61 Å². The van der Waals surface area contributed by atoms with E-state index in [9.17, 15) is 30.2 Å². The van der Waals surface area contributed by atoms with Crippen LogP contribution in [0.15, 0.2) is 42.1 Å². The van der Waals surface area contributed by atoms with E-state index in [1.54, 1.807) is 24.4 Å². The number of rotatable bonds is 6. The number of fused-ring (bicyclic) bond motifs is 7. The van der Waals surface area contributed by atoms with E-state index in [2.05, 4.69) is 56.3 Å². The molecule has 0 radical (unpaired) electrons. The molecule has 4 fully saturated rings. The fraction of sp³-hybridized carbons (Fsp3) is 0.718. The van der Waals surface area contributed by atoms with Gasteiger partial charge in [0.2, 0.25) is 5.91 Å². The van der Waals surface area contributed by atoms with Crippen molar-refractivity contribution in [2.45, 2.75) is 112 Å². The first kappa shape index (κ1) is 35.3. The van der Waals surface area contributed by atoms with Crippen molar-refractivity contribution < 1.29 is 25.0 Å². The van der Waals surface area contributed by atoms with Crippen molar-refractivity contribution >= 4 is 11.6 Å². The lowest BCUT2D eigenvalue weighted by molar-refractivity contribution is -0.384. The molecule has 272 valence electrons. The van der Waals surface area contributed by atoms with Gasteiger partial charge < -0.3 is 20.6 Å². The van der Waals surface area contributed by atoms with Crippen molar-refractivity contribution in [3.05, 3.63) is 57.9 Å². The molecule has 1 amide bonds. The summed E-state index contributed by atoms with van der Waals surface area (Å²) in [5.41, 5.74) is 0.477. The number of aliphatic hydroxyl groups excluding tert-OH is 3. The third-order valence-electron chi connectivity index (χ3n) is 15.8. The number of carbonyl (C=O) groups is 1. The van der Waals surface area contributed by atoms with Crippen LogP contribution in [0.25, 0.3) is 5.69 Å². The maximum absolute atomic E-state index is 14.6. The lowest BCUT2D eigenvalue weighted by Gasteiger charge is -2.71. The topological polar surface area (TPSA) is 164 Å². The van der Waals surface area contributed by atoms with Crippen LogP contribution in [0, 0.1) is 66.8 Å². The molecule has 1 heterocycles. The molecule has 4 N–H and O–H groups in total. The Balaban J connectivity index is 1.19. The molecule has 0 aliphatic heterocycles. The van der Waals surface area contributed by atoms with E-state index in [-0.39, 0.29) is 58.7 Å². The van der Waals surface area contributed by atoms with E-state index in [0.717, 1.165) is 44.9 Å². The van der Waals surface area contributed by atoms with Gasteiger partial charge in [0.1, 0.15) is 11.4 Å². The summed E-state index contributed by atoms with van der Waals surface area (Å²) < 4.78 is 1.39. The first-order valence-corrected chi connectivity index (χ1v) is 18.7. The molecule has 1 aromatic heterocycles. The summed E-state index contributed by atoms with van der Waals surface area (Å²) in [6.07, 6.45) is 9.06. The largest absolute Gasteiger partial charge is 0.396 e. The highest BCUT2D eigenvalue weighted by atomic mass is 16.6. The molecule has 1 aromatic carbocycles. The van der Waals surface area contributed by atoms with E-state index in [0.29, 0.717) is 29.6 Å². The summed E-state index contributed by atoms with van der Waals surface area (Å²) in [5.74, 6) is 1.31. The molecule has 11 heteroatoms. The van der Waals surface area contributed by atoms with E-state index in [4.69, 9.17) is 0 Å². The van der Waals surface area contributed by atoms with Crippen molar-refractivity contribution in [3.8, 4) is 5.69 Å². The number of hydrogen-bond acceptors (Lipinski definition) is 8. The number of nitro benzene ring substituents is 1. The number of aliphatic hydroxyl groups is 3. The zero-order valence-corrected chi connectivity index (χ0v) is 30.4. The quantitative estimate of drug-likeness (QED) is 0.169. The zero-order valence-electron chi connectivity index (χ0n) is 30.4. The SMILES string of the molecule is C[C@H]1[C@H](C)CC[C@]2(C(=O)NCc3cn(-c4ccccc4[N+](=O)[O-])nn3)CC[C@]3(C)C(=CC[C@@H]4[C@@]5(C)C[C@@H](O)[C@H](O)[C@@](C)(CO)[C@@H]5CC[C@]43C)[C@H]12. The van der Waals surface area contributed by atoms with Gasteiger partial charge in [-0.1, -0.05) is 70.5 Å². The lowest BCUT2D eigenvalue weighted by atomic mass is 9.33. The van der Waals surface area contributed by atoms with Gasteiger partial charge in [0.05, 0.1) is 41.9 Å². The first-order valence-electron chi connectivity index (χ1n) is 18.7.